The third-order valence-corrected chi connectivity index (χ3v) is 6.97. The van der Waals surface area contributed by atoms with Crippen molar-refractivity contribution in [1.29, 1.82) is 0 Å². The molecule has 0 spiro atoms. The number of nitrogens with zero attached hydrogens (tertiary/aromatic N) is 2. The van der Waals surface area contributed by atoms with Crippen LogP contribution in [0.3, 0.4) is 0 Å². The van der Waals surface area contributed by atoms with E-state index in [0.29, 0.717) is 31.2 Å². The van der Waals surface area contributed by atoms with Crippen molar-refractivity contribution in [3.05, 3.63) is 83.7 Å². The monoisotopic (exact) mass is 504 g/mol. The Balaban J connectivity index is 1.37. The minimum absolute atomic E-state index is 0.106. The second kappa shape index (κ2) is 10.5. The third-order valence-electron chi connectivity index (χ3n) is 5.89. The molecule has 0 radical (unpaired) electrons. The van der Waals surface area contributed by atoms with Crippen LogP contribution in [0.2, 0.25) is 0 Å². The molecule has 0 N–H and O–H groups in total. The minimum atomic E-state index is -0.350. The summed E-state index contributed by atoms with van der Waals surface area (Å²) in [6.45, 7) is 3.36. The van der Waals surface area contributed by atoms with Gasteiger partial charge in [0, 0.05) is 17.1 Å². The molecule has 36 heavy (non-hydrogen) atoms. The highest BCUT2D eigenvalue weighted by atomic mass is 32.2. The smallest absolute Gasteiger partial charge is 0.237 e. The van der Waals surface area contributed by atoms with E-state index >= 15 is 0 Å². The predicted octanol–water partition coefficient (Wildman–Crippen LogP) is 5.79. The number of aryl methyl sites for hydroxylation is 1. The van der Waals surface area contributed by atoms with Gasteiger partial charge in [-0.25, -0.2) is 9.37 Å². The second-order valence-corrected chi connectivity index (χ2v) is 9.36. The van der Waals surface area contributed by atoms with Crippen molar-refractivity contribution in [2.75, 3.05) is 31.0 Å². The second-order valence-electron chi connectivity index (χ2n) is 8.39. The zero-order chi connectivity index (χ0) is 25.1. The summed E-state index contributed by atoms with van der Waals surface area (Å²) in [7, 11) is 1.61. The summed E-state index contributed by atoms with van der Waals surface area (Å²) in [4.78, 5) is 19.9. The van der Waals surface area contributed by atoms with Crippen molar-refractivity contribution in [3.63, 3.8) is 0 Å². The predicted molar refractivity (Wildman–Crippen MR) is 139 cm³/mol. The first-order chi connectivity index (χ1) is 17.5. The number of halogens is 1. The van der Waals surface area contributed by atoms with E-state index in [0.717, 1.165) is 38.6 Å². The van der Waals surface area contributed by atoms with E-state index in [9.17, 15) is 9.18 Å². The first kappa shape index (κ1) is 23.9. The van der Waals surface area contributed by atoms with Crippen molar-refractivity contribution < 1.29 is 23.4 Å². The number of aromatic nitrogens is 1. The number of amides is 1. The summed E-state index contributed by atoms with van der Waals surface area (Å²) < 4.78 is 30.2. The average molecular weight is 505 g/mol. The molecule has 1 aromatic heterocycles. The molecule has 1 aliphatic rings. The summed E-state index contributed by atoms with van der Waals surface area (Å²) in [6.07, 6.45) is 0. The number of carbonyl (C=O) groups is 1. The molecule has 0 saturated carbocycles. The van der Waals surface area contributed by atoms with Gasteiger partial charge in [0.15, 0.2) is 11.5 Å². The van der Waals surface area contributed by atoms with E-state index in [1.54, 1.807) is 24.1 Å². The Morgan fingerprint density at radius 1 is 1.03 bits per heavy atom. The minimum Gasteiger partial charge on any atom is -0.497 e. The molecule has 3 aromatic carbocycles. The molecule has 0 unspecified atom stereocenters. The molecule has 5 rings (SSSR count). The molecule has 184 valence electrons. The summed E-state index contributed by atoms with van der Waals surface area (Å²) >= 11 is 1.38. The standard InChI is InChI=1S/C28H25FN2O4S/c1-18-13-20-14-25-26(35-12-11-34-25)15-24(20)30-28(18)36-17-27(32)31(22-7-5-21(29)6-8-22)16-19-3-9-23(33-2)10-4-19/h3-10,13-15H,11-12,16-17H2,1-2H3. The Hall–Kier alpha value is -3.78. The van der Waals surface area contributed by atoms with Crippen LogP contribution in [0.15, 0.2) is 71.8 Å². The topological polar surface area (TPSA) is 60.9 Å². The summed E-state index contributed by atoms with van der Waals surface area (Å²) in [5.74, 6) is 1.86. The van der Waals surface area contributed by atoms with Gasteiger partial charge in [0.05, 0.1) is 24.9 Å². The maximum atomic E-state index is 13.6. The normalized spacial score (nSPS) is 12.4. The Kier molecular flexibility index (Phi) is 6.95. The van der Waals surface area contributed by atoms with Crippen LogP contribution in [-0.2, 0) is 11.3 Å². The lowest BCUT2D eigenvalue weighted by Gasteiger charge is -2.23. The molecule has 2 heterocycles. The first-order valence-electron chi connectivity index (χ1n) is 11.5. The highest BCUT2D eigenvalue weighted by Crippen LogP contribution is 2.36. The molecule has 0 aliphatic carbocycles. The zero-order valence-corrected chi connectivity index (χ0v) is 20.8. The Labute approximate surface area is 213 Å². The largest absolute Gasteiger partial charge is 0.497 e. The third kappa shape index (κ3) is 5.23. The quantitative estimate of drug-likeness (QED) is 0.297. The number of pyridine rings is 1. The number of hydrogen-bond acceptors (Lipinski definition) is 6. The van der Waals surface area contributed by atoms with Crippen LogP contribution in [0.5, 0.6) is 17.2 Å². The van der Waals surface area contributed by atoms with Gasteiger partial charge < -0.3 is 19.1 Å². The number of rotatable bonds is 7. The van der Waals surface area contributed by atoms with Gasteiger partial charge in [-0.2, -0.15) is 0 Å². The Bertz CT molecular complexity index is 1390. The fraction of sp³-hybridized carbons (Fsp3) is 0.214. The molecule has 1 aliphatic heterocycles. The number of ether oxygens (including phenoxy) is 3. The number of carbonyl (C=O) groups excluding carboxylic acids is 1. The van der Waals surface area contributed by atoms with E-state index in [2.05, 4.69) is 0 Å². The molecular weight excluding hydrogens is 479 g/mol. The van der Waals surface area contributed by atoms with E-state index in [4.69, 9.17) is 19.2 Å². The lowest BCUT2D eigenvalue weighted by atomic mass is 10.1. The number of methoxy groups -OCH3 is 1. The first-order valence-corrected chi connectivity index (χ1v) is 12.5. The van der Waals surface area contributed by atoms with Gasteiger partial charge in [0.2, 0.25) is 5.91 Å². The molecule has 6 nitrogen and oxygen atoms in total. The van der Waals surface area contributed by atoms with E-state index < -0.39 is 0 Å². The molecule has 0 bridgehead atoms. The van der Waals surface area contributed by atoms with Crippen LogP contribution < -0.4 is 19.1 Å². The van der Waals surface area contributed by atoms with Gasteiger partial charge in [-0.05, 0) is 66.6 Å². The van der Waals surface area contributed by atoms with Crippen molar-refractivity contribution >= 4 is 34.3 Å². The van der Waals surface area contributed by atoms with Crippen LogP contribution in [-0.4, -0.2) is 37.0 Å². The van der Waals surface area contributed by atoms with Gasteiger partial charge in [-0.15, -0.1) is 0 Å². The van der Waals surface area contributed by atoms with Crippen LogP contribution >= 0.6 is 11.8 Å². The maximum absolute atomic E-state index is 13.6. The van der Waals surface area contributed by atoms with Gasteiger partial charge in [0.1, 0.15) is 29.8 Å². The SMILES string of the molecule is COc1ccc(CN(C(=O)CSc2nc3cc4c(cc3cc2C)OCCO4)c2ccc(F)cc2)cc1. The van der Waals surface area contributed by atoms with Crippen LogP contribution in [0.4, 0.5) is 10.1 Å². The molecule has 4 aromatic rings. The fourth-order valence-electron chi connectivity index (χ4n) is 4.01. The van der Waals surface area contributed by atoms with Gasteiger partial charge in [-0.1, -0.05) is 23.9 Å². The van der Waals surface area contributed by atoms with E-state index in [1.165, 1.54) is 23.9 Å². The summed E-state index contributed by atoms with van der Waals surface area (Å²) in [5.41, 5.74) is 3.32. The molecule has 1 amide bonds. The van der Waals surface area contributed by atoms with Crippen molar-refractivity contribution in [2.24, 2.45) is 0 Å². The summed E-state index contributed by atoms with van der Waals surface area (Å²) in [5, 5.41) is 1.73. The van der Waals surface area contributed by atoms with Crippen LogP contribution in [0.1, 0.15) is 11.1 Å². The lowest BCUT2D eigenvalue weighted by Crippen LogP contribution is -2.32. The van der Waals surface area contributed by atoms with Crippen molar-refractivity contribution in [3.8, 4) is 17.2 Å². The van der Waals surface area contributed by atoms with Gasteiger partial charge in [-0.3, -0.25) is 4.79 Å². The van der Waals surface area contributed by atoms with Gasteiger partial charge >= 0.3 is 0 Å². The number of thioether (sulfide) groups is 1. The molecule has 0 saturated heterocycles. The molecule has 8 heteroatoms. The van der Waals surface area contributed by atoms with E-state index in [-0.39, 0.29) is 17.5 Å². The molecular formula is C28H25FN2O4S. The summed E-state index contributed by atoms with van der Waals surface area (Å²) in [6, 6.07) is 19.4. The number of anilines is 1. The Morgan fingerprint density at radius 3 is 2.42 bits per heavy atom. The molecule has 0 fully saturated rings. The van der Waals surface area contributed by atoms with Crippen molar-refractivity contribution in [1.82, 2.24) is 4.98 Å². The van der Waals surface area contributed by atoms with Crippen molar-refractivity contribution in [2.45, 2.75) is 18.5 Å². The zero-order valence-electron chi connectivity index (χ0n) is 20.0. The fourth-order valence-corrected chi connectivity index (χ4v) is 4.88. The Morgan fingerprint density at radius 2 is 1.72 bits per heavy atom. The number of hydrogen-bond donors (Lipinski definition) is 0. The van der Waals surface area contributed by atoms with Crippen LogP contribution in [0.25, 0.3) is 10.9 Å². The van der Waals surface area contributed by atoms with E-state index in [1.807, 2.05) is 49.4 Å². The average Bonchev–Trinajstić information content (AvgIpc) is 2.90. The number of benzene rings is 3. The highest BCUT2D eigenvalue weighted by Gasteiger charge is 2.19. The van der Waals surface area contributed by atoms with Crippen LogP contribution in [0, 0.1) is 12.7 Å². The molecule has 0 atom stereocenters. The highest BCUT2D eigenvalue weighted by molar-refractivity contribution is 8.00. The number of fused-ring (bicyclic) bond motifs is 2. The van der Waals surface area contributed by atoms with Gasteiger partial charge in [0.25, 0.3) is 0 Å². The lowest BCUT2D eigenvalue weighted by molar-refractivity contribution is -0.116. The maximum Gasteiger partial charge on any atom is 0.237 e.